The van der Waals surface area contributed by atoms with Gasteiger partial charge in [0, 0.05) is 7.05 Å². The van der Waals surface area contributed by atoms with Gasteiger partial charge < -0.3 is 0 Å². The summed E-state index contributed by atoms with van der Waals surface area (Å²) in [7, 11) is 1.65. The van der Waals surface area contributed by atoms with Gasteiger partial charge in [-0.1, -0.05) is 38.1 Å². The molecule has 2 aromatic rings. The van der Waals surface area contributed by atoms with Gasteiger partial charge in [-0.05, 0) is 17.0 Å². The van der Waals surface area contributed by atoms with Gasteiger partial charge in [0.2, 0.25) is 0 Å². The molecule has 0 bridgehead atoms. The Morgan fingerprint density at radius 1 is 1.24 bits per heavy atom. The molecule has 0 aliphatic heterocycles. The monoisotopic (exact) mass is 231 g/mol. The lowest BCUT2D eigenvalue weighted by molar-refractivity contribution is 0.691. The first-order chi connectivity index (χ1) is 8.08. The van der Waals surface area contributed by atoms with E-state index in [2.05, 4.69) is 43.2 Å². The molecule has 90 valence electrons. The first-order valence-electron chi connectivity index (χ1n) is 5.75. The maximum atomic E-state index is 11.6. The fraction of sp³-hybridized carbons (Fsp3) is 0.385. The van der Waals surface area contributed by atoms with Crippen molar-refractivity contribution < 1.29 is 0 Å². The summed E-state index contributed by atoms with van der Waals surface area (Å²) in [4.78, 5) is 11.6. The molecule has 0 aliphatic carbocycles. The third-order valence-corrected chi connectivity index (χ3v) is 2.89. The van der Waals surface area contributed by atoms with E-state index >= 15 is 0 Å². The van der Waals surface area contributed by atoms with E-state index in [1.165, 1.54) is 10.2 Å². The lowest BCUT2D eigenvalue weighted by atomic mass is 10.0. The highest BCUT2D eigenvalue weighted by atomic mass is 16.2. The Hall–Kier alpha value is -1.84. The molecule has 0 fully saturated rings. The van der Waals surface area contributed by atoms with Crippen LogP contribution in [0.25, 0.3) is 0 Å². The summed E-state index contributed by atoms with van der Waals surface area (Å²) in [6.45, 7) is 4.91. The normalized spacial score (nSPS) is 11.1. The molecule has 0 aliphatic rings. The minimum absolute atomic E-state index is 0.0852. The van der Waals surface area contributed by atoms with Crippen LogP contribution in [-0.2, 0) is 13.6 Å². The van der Waals surface area contributed by atoms with Crippen molar-refractivity contribution in [3.63, 3.8) is 0 Å². The molecule has 17 heavy (non-hydrogen) atoms. The number of benzene rings is 1. The van der Waals surface area contributed by atoms with E-state index in [1.807, 2.05) is 0 Å². The number of aryl methyl sites for hydroxylation is 1. The number of rotatable bonds is 3. The molecular formula is C13H17N3O. The second-order valence-electron chi connectivity index (χ2n) is 4.56. The van der Waals surface area contributed by atoms with Crippen molar-refractivity contribution >= 4 is 0 Å². The van der Waals surface area contributed by atoms with Crippen LogP contribution in [0.3, 0.4) is 0 Å². The molecule has 1 aromatic heterocycles. The molecule has 0 spiro atoms. The van der Waals surface area contributed by atoms with E-state index in [9.17, 15) is 4.79 Å². The number of aromatic nitrogens is 3. The van der Waals surface area contributed by atoms with Gasteiger partial charge >= 0.3 is 5.69 Å². The van der Waals surface area contributed by atoms with Crippen molar-refractivity contribution in [2.45, 2.75) is 26.3 Å². The number of hydrogen-bond acceptors (Lipinski definition) is 2. The lowest BCUT2D eigenvalue weighted by Gasteiger charge is -2.06. The van der Waals surface area contributed by atoms with Crippen molar-refractivity contribution in [3.05, 3.63) is 52.2 Å². The molecular weight excluding hydrogens is 214 g/mol. The van der Waals surface area contributed by atoms with Gasteiger partial charge in [0.1, 0.15) is 6.33 Å². The average molecular weight is 231 g/mol. The van der Waals surface area contributed by atoms with E-state index in [0.717, 1.165) is 5.56 Å². The van der Waals surface area contributed by atoms with E-state index < -0.39 is 0 Å². The largest absolute Gasteiger partial charge is 0.345 e. The van der Waals surface area contributed by atoms with Gasteiger partial charge in [-0.15, -0.1) is 0 Å². The van der Waals surface area contributed by atoms with Crippen LogP contribution in [0, 0.1) is 0 Å². The van der Waals surface area contributed by atoms with Crippen molar-refractivity contribution in [2.75, 3.05) is 0 Å². The van der Waals surface area contributed by atoms with Crippen molar-refractivity contribution in [1.29, 1.82) is 0 Å². The Morgan fingerprint density at radius 2 is 1.88 bits per heavy atom. The van der Waals surface area contributed by atoms with Crippen LogP contribution >= 0.6 is 0 Å². The maximum absolute atomic E-state index is 11.6. The SMILES string of the molecule is CC(C)c1ccc(Cn2cnn(C)c2=O)cc1. The molecule has 0 saturated heterocycles. The minimum atomic E-state index is -0.0852. The fourth-order valence-corrected chi connectivity index (χ4v) is 1.74. The first-order valence-corrected chi connectivity index (χ1v) is 5.75. The predicted octanol–water partition coefficient (Wildman–Crippen LogP) is 1.75. The Morgan fingerprint density at radius 3 is 2.35 bits per heavy atom. The predicted molar refractivity (Wildman–Crippen MR) is 67.1 cm³/mol. The van der Waals surface area contributed by atoms with Gasteiger partial charge in [0.15, 0.2) is 0 Å². The quantitative estimate of drug-likeness (QED) is 0.807. The van der Waals surface area contributed by atoms with Crippen LogP contribution in [0.2, 0.25) is 0 Å². The standard InChI is InChI=1S/C13H17N3O/c1-10(2)12-6-4-11(5-7-12)8-16-9-14-15(3)13(16)17/h4-7,9-10H,8H2,1-3H3. The molecule has 4 nitrogen and oxygen atoms in total. The zero-order valence-corrected chi connectivity index (χ0v) is 10.4. The Kier molecular flexibility index (Phi) is 3.13. The fourth-order valence-electron chi connectivity index (χ4n) is 1.74. The summed E-state index contributed by atoms with van der Waals surface area (Å²) >= 11 is 0. The third-order valence-electron chi connectivity index (χ3n) is 2.89. The van der Waals surface area contributed by atoms with Crippen LogP contribution in [0.5, 0.6) is 0 Å². The second kappa shape index (κ2) is 4.57. The average Bonchev–Trinajstić information content (AvgIpc) is 2.62. The molecule has 0 radical (unpaired) electrons. The van der Waals surface area contributed by atoms with Crippen molar-refractivity contribution in [3.8, 4) is 0 Å². The Bertz CT molecular complexity index is 549. The van der Waals surface area contributed by atoms with Gasteiger partial charge in [-0.3, -0.25) is 4.57 Å². The van der Waals surface area contributed by atoms with Gasteiger partial charge in [-0.25, -0.2) is 9.48 Å². The van der Waals surface area contributed by atoms with Crippen LogP contribution in [0.4, 0.5) is 0 Å². The zero-order valence-electron chi connectivity index (χ0n) is 10.4. The van der Waals surface area contributed by atoms with Crippen LogP contribution < -0.4 is 5.69 Å². The van der Waals surface area contributed by atoms with Gasteiger partial charge in [-0.2, -0.15) is 5.10 Å². The highest BCUT2D eigenvalue weighted by Gasteiger charge is 2.03. The topological polar surface area (TPSA) is 39.8 Å². The van der Waals surface area contributed by atoms with Crippen LogP contribution in [0.15, 0.2) is 35.4 Å². The summed E-state index contributed by atoms with van der Waals surface area (Å²) in [5.74, 6) is 0.533. The molecule has 2 rings (SSSR count). The molecule has 4 heteroatoms. The highest BCUT2D eigenvalue weighted by Crippen LogP contribution is 2.14. The van der Waals surface area contributed by atoms with E-state index in [0.29, 0.717) is 12.5 Å². The van der Waals surface area contributed by atoms with Gasteiger partial charge in [0.25, 0.3) is 0 Å². The smallest absolute Gasteiger partial charge is 0.277 e. The van der Waals surface area contributed by atoms with E-state index in [1.54, 1.807) is 17.9 Å². The van der Waals surface area contributed by atoms with Crippen LogP contribution in [-0.4, -0.2) is 14.3 Å². The Balaban J connectivity index is 2.19. The van der Waals surface area contributed by atoms with Gasteiger partial charge in [0.05, 0.1) is 6.54 Å². The minimum Gasteiger partial charge on any atom is -0.277 e. The second-order valence-corrected chi connectivity index (χ2v) is 4.56. The summed E-state index contributed by atoms with van der Waals surface area (Å²) in [5.41, 5.74) is 2.34. The maximum Gasteiger partial charge on any atom is 0.345 e. The molecule has 0 unspecified atom stereocenters. The molecule has 1 aromatic carbocycles. The zero-order chi connectivity index (χ0) is 12.4. The van der Waals surface area contributed by atoms with Crippen molar-refractivity contribution in [1.82, 2.24) is 14.3 Å². The molecule has 0 saturated carbocycles. The lowest BCUT2D eigenvalue weighted by Crippen LogP contribution is -2.22. The highest BCUT2D eigenvalue weighted by molar-refractivity contribution is 5.24. The van der Waals surface area contributed by atoms with Crippen molar-refractivity contribution in [2.24, 2.45) is 7.05 Å². The number of nitrogens with zero attached hydrogens (tertiary/aromatic N) is 3. The summed E-state index contributed by atoms with van der Waals surface area (Å²) in [5, 5.41) is 3.93. The first kappa shape index (κ1) is 11.6. The summed E-state index contributed by atoms with van der Waals surface area (Å²) < 4.78 is 2.94. The Labute approximate surface area is 101 Å². The third kappa shape index (κ3) is 2.46. The molecule has 0 amide bonds. The summed E-state index contributed by atoms with van der Waals surface area (Å²) in [6, 6.07) is 8.35. The van der Waals surface area contributed by atoms with E-state index in [4.69, 9.17) is 0 Å². The van der Waals surface area contributed by atoms with E-state index in [-0.39, 0.29) is 5.69 Å². The number of hydrogen-bond donors (Lipinski definition) is 0. The summed E-state index contributed by atoms with van der Waals surface area (Å²) in [6.07, 6.45) is 1.57. The van der Waals surface area contributed by atoms with Crippen LogP contribution in [0.1, 0.15) is 30.9 Å². The molecule has 0 atom stereocenters. The molecule has 0 N–H and O–H groups in total. The molecule has 1 heterocycles.